The minimum absolute atomic E-state index is 0.202. The van der Waals surface area contributed by atoms with E-state index < -0.39 is 11.7 Å². The number of thiocarbonyl (C=S) groups is 1. The van der Waals surface area contributed by atoms with Gasteiger partial charge in [-0.3, -0.25) is 9.36 Å². The maximum absolute atomic E-state index is 13.0. The summed E-state index contributed by atoms with van der Waals surface area (Å²) in [7, 11) is 0. The number of hydrogen-bond donors (Lipinski definition) is 2. The molecular weight excluding hydrogens is 485 g/mol. The van der Waals surface area contributed by atoms with E-state index in [4.69, 9.17) is 23.8 Å². The lowest BCUT2D eigenvalue weighted by Crippen LogP contribution is -2.19. The minimum atomic E-state index is -4.39. The third-order valence-electron chi connectivity index (χ3n) is 4.93. The molecule has 4 rings (SSSR count). The summed E-state index contributed by atoms with van der Waals surface area (Å²) in [4.78, 5) is 0. The van der Waals surface area contributed by atoms with Gasteiger partial charge in [-0.1, -0.05) is 35.9 Å². The van der Waals surface area contributed by atoms with Crippen LogP contribution in [-0.2, 0) is 19.3 Å². The number of nitrogens with one attached hydrogen (secondary N) is 2. The van der Waals surface area contributed by atoms with Crippen LogP contribution in [0.1, 0.15) is 22.4 Å². The summed E-state index contributed by atoms with van der Waals surface area (Å²) in [6.07, 6.45) is -0.927. The van der Waals surface area contributed by atoms with E-state index in [1.165, 1.54) is 6.07 Å². The standard InChI is InChI=1S/C23H20ClF3N6S/c1-15-8-21(31-33(15)13-16-4-2-6-18(9-16)23(25,26)27)30-22(34)29-20-11-28-32(14-20)12-17-5-3-7-19(24)10-17/h2-11,14H,12-13H2,1H3,(H2,29,30,31,34). The first-order valence-corrected chi connectivity index (χ1v) is 11.0. The molecule has 0 bridgehead atoms. The molecule has 0 aliphatic rings. The number of anilines is 2. The van der Waals surface area contributed by atoms with E-state index in [0.717, 1.165) is 23.4 Å². The molecule has 0 fully saturated rings. The van der Waals surface area contributed by atoms with Crippen molar-refractivity contribution >= 4 is 40.4 Å². The van der Waals surface area contributed by atoms with Crippen LogP contribution in [0.5, 0.6) is 0 Å². The van der Waals surface area contributed by atoms with Gasteiger partial charge in [0.15, 0.2) is 10.9 Å². The Morgan fingerprint density at radius 1 is 1.03 bits per heavy atom. The van der Waals surface area contributed by atoms with Crippen LogP contribution in [0.3, 0.4) is 0 Å². The molecule has 6 nitrogen and oxygen atoms in total. The Bertz CT molecular complexity index is 1310. The molecule has 0 aliphatic heterocycles. The van der Waals surface area contributed by atoms with E-state index >= 15 is 0 Å². The molecule has 0 unspecified atom stereocenters. The summed E-state index contributed by atoms with van der Waals surface area (Å²) in [5.74, 6) is 0.480. The number of nitrogens with zero attached hydrogens (tertiary/aromatic N) is 4. The fraction of sp³-hybridized carbons (Fsp3) is 0.174. The smallest absolute Gasteiger partial charge is 0.330 e. The van der Waals surface area contributed by atoms with Crippen LogP contribution >= 0.6 is 23.8 Å². The van der Waals surface area contributed by atoms with Crippen LogP contribution in [0.15, 0.2) is 67.0 Å². The lowest BCUT2D eigenvalue weighted by Gasteiger charge is -2.10. The normalized spacial score (nSPS) is 11.4. The van der Waals surface area contributed by atoms with E-state index in [2.05, 4.69) is 20.8 Å². The summed E-state index contributed by atoms with van der Waals surface area (Å²) in [5.41, 5.74) is 2.30. The molecule has 0 amide bonds. The van der Waals surface area contributed by atoms with Crippen LogP contribution in [0.2, 0.25) is 5.02 Å². The van der Waals surface area contributed by atoms with E-state index in [1.54, 1.807) is 27.7 Å². The van der Waals surface area contributed by atoms with E-state index in [9.17, 15) is 13.2 Å². The van der Waals surface area contributed by atoms with Crippen LogP contribution in [0.4, 0.5) is 24.7 Å². The SMILES string of the molecule is Cc1cc(NC(=S)Nc2cnn(Cc3cccc(Cl)c3)c2)nn1Cc1cccc(C(F)(F)F)c1. The summed E-state index contributed by atoms with van der Waals surface area (Å²) >= 11 is 11.4. The van der Waals surface area contributed by atoms with Crippen molar-refractivity contribution < 1.29 is 13.2 Å². The Kier molecular flexibility index (Phi) is 6.90. The summed E-state index contributed by atoms with van der Waals surface area (Å²) in [5, 5.41) is 15.7. The molecule has 0 aliphatic carbocycles. The van der Waals surface area contributed by atoms with Crippen molar-refractivity contribution in [3.05, 3.63) is 94.4 Å². The van der Waals surface area contributed by atoms with Crippen molar-refractivity contribution in [2.24, 2.45) is 0 Å². The number of rotatable bonds is 6. The second kappa shape index (κ2) is 9.86. The van der Waals surface area contributed by atoms with Gasteiger partial charge in [0.25, 0.3) is 0 Å². The van der Waals surface area contributed by atoms with Crippen LogP contribution in [-0.4, -0.2) is 24.7 Å². The second-order valence-electron chi connectivity index (χ2n) is 7.66. The van der Waals surface area contributed by atoms with Gasteiger partial charge in [-0.05, 0) is 54.5 Å². The highest BCUT2D eigenvalue weighted by molar-refractivity contribution is 7.80. The molecule has 4 aromatic rings. The van der Waals surface area contributed by atoms with Crippen LogP contribution in [0, 0.1) is 6.92 Å². The van der Waals surface area contributed by atoms with Gasteiger partial charge < -0.3 is 10.6 Å². The average molecular weight is 505 g/mol. The molecule has 34 heavy (non-hydrogen) atoms. The third-order valence-corrected chi connectivity index (χ3v) is 5.37. The summed E-state index contributed by atoms with van der Waals surface area (Å²) in [6.45, 7) is 2.58. The van der Waals surface area contributed by atoms with Crippen molar-refractivity contribution in [1.29, 1.82) is 0 Å². The molecule has 2 N–H and O–H groups in total. The Morgan fingerprint density at radius 2 is 1.76 bits per heavy atom. The molecular formula is C23H20ClF3N6S. The monoisotopic (exact) mass is 504 g/mol. The minimum Gasteiger partial charge on any atom is -0.330 e. The predicted octanol–water partition coefficient (Wildman–Crippen LogP) is 5.97. The molecule has 2 aromatic heterocycles. The molecule has 11 heteroatoms. The van der Waals surface area contributed by atoms with E-state index in [0.29, 0.717) is 33.7 Å². The number of aryl methyl sites for hydroxylation is 1. The van der Waals surface area contributed by atoms with E-state index in [1.807, 2.05) is 37.4 Å². The number of benzene rings is 2. The Morgan fingerprint density at radius 3 is 2.50 bits per heavy atom. The third kappa shape index (κ3) is 6.15. The quantitative estimate of drug-likeness (QED) is 0.317. The number of hydrogen-bond acceptors (Lipinski definition) is 3. The molecule has 0 radical (unpaired) electrons. The highest BCUT2D eigenvalue weighted by atomic mass is 35.5. The Balaban J connectivity index is 1.36. The van der Waals surface area contributed by atoms with Gasteiger partial charge in [-0.25, -0.2) is 0 Å². The van der Waals surface area contributed by atoms with Crippen molar-refractivity contribution in [2.75, 3.05) is 10.6 Å². The van der Waals surface area contributed by atoms with Crippen LogP contribution < -0.4 is 10.6 Å². The molecule has 2 aromatic carbocycles. The molecule has 0 atom stereocenters. The summed E-state index contributed by atoms with van der Waals surface area (Å²) in [6, 6.07) is 14.5. The molecule has 176 valence electrons. The average Bonchev–Trinajstić information content (AvgIpc) is 3.33. The zero-order valence-corrected chi connectivity index (χ0v) is 19.5. The van der Waals surface area contributed by atoms with Crippen LogP contribution in [0.25, 0.3) is 0 Å². The van der Waals surface area contributed by atoms with Crippen molar-refractivity contribution in [3.8, 4) is 0 Å². The Labute approximate surface area is 204 Å². The van der Waals surface area contributed by atoms with Crippen molar-refractivity contribution in [1.82, 2.24) is 19.6 Å². The highest BCUT2D eigenvalue weighted by Crippen LogP contribution is 2.29. The lowest BCUT2D eigenvalue weighted by atomic mass is 10.1. The first-order chi connectivity index (χ1) is 16.2. The van der Waals surface area contributed by atoms with Crippen molar-refractivity contribution in [2.45, 2.75) is 26.2 Å². The maximum atomic E-state index is 13.0. The van der Waals surface area contributed by atoms with Gasteiger partial charge in [-0.15, -0.1) is 0 Å². The van der Waals surface area contributed by atoms with Gasteiger partial charge in [0.05, 0.1) is 30.5 Å². The van der Waals surface area contributed by atoms with Gasteiger partial charge >= 0.3 is 6.18 Å². The van der Waals surface area contributed by atoms with E-state index in [-0.39, 0.29) is 6.54 Å². The molecule has 0 saturated carbocycles. The summed E-state index contributed by atoms with van der Waals surface area (Å²) < 4.78 is 42.3. The van der Waals surface area contributed by atoms with Gasteiger partial charge in [0.2, 0.25) is 0 Å². The maximum Gasteiger partial charge on any atom is 0.416 e. The molecule has 0 saturated heterocycles. The fourth-order valence-electron chi connectivity index (χ4n) is 3.37. The molecule has 2 heterocycles. The predicted molar refractivity (Wildman–Crippen MR) is 130 cm³/mol. The number of halogens is 4. The molecule has 0 spiro atoms. The Hall–Kier alpha value is -3.37. The number of aromatic nitrogens is 4. The van der Waals surface area contributed by atoms with Gasteiger partial charge in [-0.2, -0.15) is 23.4 Å². The lowest BCUT2D eigenvalue weighted by molar-refractivity contribution is -0.137. The largest absolute Gasteiger partial charge is 0.416 e. The van der Waals surface area contributed by atoms with Gasteiger partial charge in [0, 0.05) is 23.0 Å². The zero-order chi connectivity index (χ0) is 24.3. The number of alkyl halides is 3. The topological polar surface area (TPSA) is 59.7 Å². The first kappa shape index (κ1) is 23.8. The highest BCUT2D eigenvalue weighted by Gasteiger charge is 2.30. The second-order valence-corrected chi connectivity index (χ2v) is 8.51. The van der Waals surface area contributed by atoms with Gasteiger partial charge in [0.1, 0.15) is 0 Å². The fourth-order valence-corrected chi connectivity index (χ4v) is 3.80. The first-order valence-electron chi connectivity index (χ1n) is 10.2. The zero-order valence-electron chi connectivity index (χ0n) is 18.0. The van der Waals surface area contributed by atoms with Crippen molar-refractivity contribution in [3.63, 3.8) is 0 Å².